The van der Waals surface area contributed by atoms with Crippen LogP contribution in [0.25, 0.3) is 0 Å². The molecule has 0 aromatic carbocycles. The lowest BCUT2D eigenvalue weighted by Gasteiger charge is -2.36. The average molecular weight is 233 g/mol. The van der Waals surface area contributed by atoms with E-state index in [4.69, 9.17) is 0 Å². The van der Waals surface area contributed by atoms with E-state index in [1.54, 1.807) is 32.2 Å². The van der Waals surface area contributed by atoms with E-state index in [0.717, 1.165) is 0 Å². The summed E-state index contributed by atoms with van der Waals surface area (Å²) in [4.78, 5) is 29.2. The van der Waals surface area contributed by atoms with Crippen molar-refractivity contribution in [3.63, 3.8) is 0 Å². The van der Waals surface area contributed by atoms with Gasteiger partial charge in [-0.3, -0.25) is 24.8 Å². The van der Waals surface area contributed by atoms with E-state index in [2.05, 4.69) is 10.3 Å². The Labute approximate surface area is 99.8 Å². The smallest absolute Gasteiger partial charge is 0.249 e. The van der Waals surface area contributed by atoms with E-state index < -0.39 is 5.54 Å². The van der Waals surface area contributed by atoms with E-state index in [1.165, 1.54) is 4.90 Å². The van der Waals surface area contributed by atoms with Gasteiger partial charge in [0.2, 0.25) is 11.8 Å². The zero-order chi connectivity index (χ0) is 12.5. The van der Waals surface area contributed by atoms with Gasteiger partial charge in [0.05, 0.1) is 24.3 Å². The molecule has 1 N–H and O–H groups in total. The van der Waals surface area contributed by atoms with Crippen molar-refractivity contribution in [3.8, 4) is 0 Å². The Bertz CT molecular complexity index is 442. The highest BCUT2D eigenvalue weighted by atomic mass is 16.2. The van der Waals surface area contributed by atoms with Crippen LogP contribution in [0.2, 0.25) is 0 Å². The molecule has 5 heteroatoms. The van der Waals surface area contributed by atoms with Crippen LogP contribution in [0.3, 0.4) is 0 Å². The molecule has 17 heavy (non-hydrogen) atoms. The first kappa shape index (κ1) is 11.7. The van der Waals surface area contributed by atoms with Crippen LogP contribution < -0.4 is 5.32 Å². The highest BCUT2D eigenvalue weighted by molar-refractivity contribution is 6.02. The summed E-state index contributed by atoms with van der Waals surface area (Å²) in [5.74, 6) is -0.417. The second kappa shape index (κ2) is 4.25. The van der Waals surface area contributed by atoms with Gasteiger partial charge in [-0.2, -0.15) is 0 Å². The van der Waals surface area contributed by atoms with Gasteiger partial charge in [0.25, 0.3) is 0 Å². The molecule has 90 valence electrons. The number of carbonyl (C=O) groups is 2. The maximum absolute atomic E-state index is 12.1. The minimum atomic E-state index is -0.692. The predicted octanol–water partition coefficient (Wildman–Crippen LogP) is 0.319. The van der Waals surface area contributed by atoms with Gasteiger partial charge in [0, 0.05) is 6.20 Å². The van der Waals surface area contributed by atoms with E-state index in [1.807, 2.05) is 6.07 Å². The van der Waals surface area contributed by atoms with Crippen LogP contribution in [0, 0.1) is 0 Å². The maximum atomic E-state index is 12.1. The minimum Gasteiger partial charge on any atom is -0.295 e. The average Bonchev–Trinajstić information content (AvgIpc) is 2.32. The number of carbonyl (C=O) groups excluding carboxylic acids is 2. The molecule has 1 aliphatic heterocycles. The summed E-state index contributed by atoms with van der Waals surface area (Å²) in [5.41, 5.74) is 0.0229. The van der Waals surface area contributed by atoms with Crippen LogP contribution in [0.4, 0.5) is 0 Å². The van der Waals surface area contributed by atoms with Crippen molar-refractivity contribution in [1.82, 2.24) is 15.2 Å². The summed E-state index contributed by atoms with van der Waals surface area (Å²) in [6.45, 7) is 3.97. The number of imide groups is 1. The second-order valence-electron chi connectivity index (χ2n) is 4.58. The zero-order valence-electron chi connectivity index (χ0n) is 9.93. The Morgan fingerprint density at radius 2 is 2.18 bits per heavy atom. The van der Waals surface area contributed by atoms with Crippen LogP contribution in [0.1, 0.15) is 19.5 Å². The number of piperazine rings is 1. The molecule has 1 aliphatic rings. The molecule has 0 saturated carbocycles. The predicted molar refractivity (Wildman–Crippen MR) is 61.9 cm³/mol. The lowest BCUT2D eigenvalue weighted by atomic mass is 10.0. The minimum absolute atomic E-state index is 0.186. The molecular formula is C12H15N3O2. The summed E-state index contributed by atoms with van der Waals surface area (Å²) in [6.07, 6.45) is 1.65. The van der Waals surface area contributed by atoms with Gasteiger partial charge < -0.3 is 0 Å². The molecule has 0 aliphatic carbocycles. The van der Waals surface area contributed by atoms with Crippen molar-refractivity contribution in [2.45, 2.75) is 25.9 Å². The Morgan fingerprint density at radius 1 is 1.41 bits per heavy atom. The van der Waals surface area contributed by atoms with E-state index in [0.29, 0.717) is 5.69 Å². The quantitative estimate of drug-likeness (QED) is 0.747. The molecule has 1 fully saturated rings. The van der Waals surface area contributed by atoms with Crippen LogP contribution in [-0.2, 0) is 16.1 Å². The van der Waals surface area contributed by atoms with Crippen LogP contribution in [0.15, 0.2) is 24.4 Å². The molecule has 5 nitrogen and oxygen atoms in total. The molecular weight excluding hydrogens is 218 g/mol. The van der Waals surface area contributed by atoms with Gasteiger partial charge in [-0.15, -0.1) is 0 Å². The fourth-order valence-electron chi connectivity index (χ4n) is 1.73. The first-order valence-corrected chi connectivity index (χ1v) is 5.50. The van der Waals surface area contributed by atoms with E-state index in [-0.39, 0.29) is 24.9 Å². The third-order valence-electron chi connectivity index (χ3n) is 2.81. The van der Waals surface area contributed by atoms with Gasteiger partial charge in [-0.25, -0.2) is 0 Å². The van der Waals surface area contributed by atoms with Gasteiger partial charge in [-0.05, 0) is 26.0 Å². The first-order chi connectivity index (χ1) is 8.00. The highest BCUT2D eigenvalue weighted by Crippen LogP contribution is 2.15. The molecule has 2 amide bonds. The molecule has 0 bridgehead atoms. The summed E-state index contributed by atoms with van der Waals surface area (Å²) >= 11 is 0. The molecule has 0 unspecified atom stereocenters. The highest BCUT2D eigenvalue weighted by Gasteiger charge is 2.39. The Balaban J connectivity index is 2.19. The fraction of sp³-hybridized carbons (Fsp3) is 0.417. The molecule has 1 aromatic rings. The number of hydrogen-bond donors (Lipinski definition) is 1. The Kier molecular flexibility index (Phi) is 2.93. The lowest BCUT2D eigenvalue weighted by Crippen LogP contribution is -2.63. The van der Waals surface area contributed by atoms with Gasteiger partial charge in [0.1, 0.15) is 0 Å². The fourth-order valence-corrected chi connectivity index (χ4v) is 1.73. The normalized spacial score (nSPS) is 19.5. The number of rotatable bonds is 2. The van der Waals surface area contributed by atoms with Gasteiger partial charge >= 0.3 is 0 Å². The SMILES string of the molecule is CC1(C)NCC(=O)N(Cc2ccccn2)C1=O. The van der Waals surface area contributed by atoms with Crippen LogP contribution >= 0.6 is 0 Å². The zero-order valence-corrected chi connectivity index (χ0v) is 9.93. The molecule has 0 radical (unpaired) electrons. The van der Waals surface area contributed by atoms with Crippen molar-refractivity contribution in [2.24, 2.45) is 0 Å². The monoisotopic (exact) mass is 233 g/mol. The second-order valence-corrected chi connectivity index (χ2v) is 4.58. The van der Waals surface area contributed by atoms with E-state index >= 15 is 0 Å². The first-order valence-electron chi connectivity index (χ1n) is 5.50. The number of nitrogens with one attached hydrogen (secondary N) is 1. The standard InChI is InChI=1S/C12H15N3O2/c1-12(2)11(17)15(10(16)7-14-12)8-9-5-3-4-6-13-9/h3-6,14H,7-8H2,1-2H3. The molecule has 0 atom stereocenters. The number of amides is 2. The van der Waals surface area contributed by atoms with Crippen molar-refractivity contribution in [1.29, 1.82) is 0 Å². The third-order valence-corrected chi connectivity index (χ3v) is 2.81. The summed E-state index contributed by atoms with van der Waals surface area (Å²) < 4.78 is 0. The van der Waals surface area contributed by atoms with Gasteiger partial charge in [0.15, 0.2) is 0 Å². The topological polar surface area (TPSA) is 62.3 Å². The molecule has 2 heterocycles. The van der Waals surface area contributed by atoms with Crippen molar-refractivity contribution in [3.05, 3.63) is 30.1 Å². The van der Waals surface area contributed by atoms with Crippen LogP contribution in [0.5, 0.6) is 0 Å². The third kappa shape index (κ3) is 2.34. The van der Waals surface area contributed by atoms with Crippen molar-refractivity contribution in [2.75, 3.05) is 6.54 Å². The Hall–Kier alpha value is -1.75. The number of aromatic nitrogens is 1. The van der Waals surface area contributed by atoms with Crippen molar-refractivity contribution >= 4 is 11.8 Å². The largest absolute Gasteiger partial charge is 0.295 e. The summed E-state index contributed by atoms with van der Waals surface area (Å²) in [5, 5.41) is 2.91. The Morgan fingerprint density at radius 3 is 2.82 bits per heavy atom. The maximum Gasteiger partial charge on any atom is 0.249 e. The summed E-state index contributed by atoms with van der Waals surface area (Å²) in [6, 6.07) is 5.44. The van der Waals surface area contributed by atoms with Crippen molar-refractivity contribution < 1.29 is 9.59 Å². The van der Waals surface area contributed by atoms with E-state index in [9.17, 15) is 9.59 Å². The lowest BCUT2D eigenvalue weighted by molar-refractivity contribution is -0.153. The number of hydrogen-bond acceptors (Lipinski definition) is 4. The molecule has 1 aromatic heterocycles. The molecule has 2 rings (SSSR count). The van der Waals surface area contributed by atoms with Gasteiger partial charge in [-0.1, -0.05) is 6.07 Å². The summed E-state index contributed by atoms with van der Waals surface area (Å²) in [7, 11) is 0. The van der Waals surface area contributed by atoms with Crippen LogP contribution in [-0.4, -0.2) is 33.8 Å². The number of nitrogens with zero attached hydrogens (tertiary/aromatic N) is 2. The number of pyridine rings is 1. The molecule has 1 saturated heterocycles. The molecule has 0 spiro atoms.